The Morgan fingerprint density at radius 3 is 2.51 bits per heavy atom. The molecule has 1 heterocycles. The van der Waals surface area contributed by atoms with Crippen molar-refractivity contribution in [1.82, 2.24) is 0 Å². The van der Waals surface area contributed by atoms with Crippen molar-refractivity contribution in [3.63, 3.8) is 0 Å². The standard InChI is InChI=1S/C29H30O8/c1-15(31)36-14-23-20-6-5-19-22(29(20)37-28(23)17-4-7-24(33)25(11-17)34-2)10-16(8-9-30)21-12-18(32)13-26(35-3)27(19)21/h4-7,11-13,16,23,28,30,32-33H,8-10,14H2,1-3H3/t16-,23+,28-/m1/s1. The average molecular weight is 507 g/mol. The number of phenols is 2. The van der Waals surface area contributed by atoms with E-state index in [0.29, 0.717) is 24.3 Å². The zero-order valence-corrected chi connectivity index (χ0v) is 21.0. The van der Waals surface area contributed by atoms with E-state index in [4.69, 9.17) is 18.9 Å². The topological polar surface area (TPSA) is 115 Å². The summed E-state index contributed by atoms with van der Waals surface area (Å²) in [5.41, 5.74) is 5.41. The van der Waals surface area contributed by atoms with Gasteiger partial charge in [-0.3, -0.25) is 4.79 Å². The summed E-state index contributed by atoms with van der Waals surface area (Å²) in [5.74, 6) is 1.02. The molecule has 2 aliphatic rings. The number of aliphatic hydroxyl groups excluding tert-OH is 1. The molecule has 194 valence electrons. The molecule has 3 N–H and O–H groups in total. The van der Waals surface area contributed by atoms with E-state index >= 15 is 0 Å². The Balaban J connectivity index is 1.66. The van der Waals surface area contributed by atoms with Gasteiger partial charge in [0.1, 0.15) is 30.0 Å². The molecular weight excluding hydrogens is 476 g/mol. The number of rotatable bonds is 7. The maximum absolute atomic E-state index is 11.7. The summed E-state index contributed by atoms with van der Waals surface area (Å²) in [5, 5.41) is 30.2. The second kappa shape index (κ2) is 9.86. The molecule has 3 atom stereocenters. The summed E-state index contributed by atoms with van der Waals surface area (Å²) in [4.78, 5) is 11.7. The number of esters is 1. The third-order valence-electron chi connectivity index (χ3n) is 7.27. The lowest BCUT2D eigenvalue weighted by atomic mass is 9.75. The molecular formula is C29H30O8. The number of ether oxygens (including phenoxy) is 4. The molecule has 8 nitrogen and oxygen atoms in total. The molecule has 0 fully saturated rings. The SMILES string of the molecule is COc1cc([C@H]2Oc3c(ccc4c3C[C@@H](CCO)c3cc(O)cc(OC)c3-4)[C@@H]2COC(C)=O)ccc1O. The van der Waals surface area contributed by atoms with E-state index in [-0.39, 0.29) is 42.5 Å². The van der Waals surface area contributed by atoms with Crippen LogP contribution in [0.1, 0.15) is 53.5 Å². The van der Waals surface area contributed by atoms with Crippen molar-refractivity contribution in [3.05, 3.63) is 64.7 Å². The van der Waals surface area contributed by atoms with Crippen molar-refractivity contribution in [2.24, 2.45) is 0 Å². The predicted octanol–water partition coefficient (Wildman–Crippen LogP) is 4.58. The second-order valence-corrected chi connectivity index (χ2v) is 9.41. The van der Waals surface area contributed by atoms with Gasteiger partial charge in [-0.25, -0.2) is 0 Å². The van der Waals surface area contributed by atoms with Crippen molar-refractivity contribution >= 4 is 5.97 Å². The molecule has 0 saturated heterocycles. The number of hydrogen-bond donors (Lipinski definition) is 3. The highest BCUT2D eigenvalue weighted by molar-refractivity contribution is 5.83. The van der Waals surface area contributed by atoms with E-state index in [2.05, 4.69) is 0 Å². The fourth-order valence-electron chi connectivity index (χ4n) is 5.60. The lowest BCUT2D eigenvalue weighted by Crippen LogP contribution is -2.17. The number of carbonyl (C=O) groups excluding carboxylic acids is 1. The third-order valence-corrected chi connectivity index (χ3v) is 7.27. The highest BCUT2D eigenvalue weighted by Gasteiger charge is 2.41. The van der Waals surface area contributed by atoms with Crippen LogP contribution in [0, 0.1) is 0 Å². The summed E-state index contributed by atoms with van der Waals surface area (Å²) in [6.07, 6.45) is 0.637. The van der Waals surface area contributed by atoms with Crippen molar-refractivity contribution in [3.8, 4) is 39.9 Å². The van der Waals surface area contributed by atoms with Crippen LogP contribution in [0.25, 0.3) is 11.1 Å². The van der Waals surface area contributed by atoms with Gasteiger partial charge in [-0.15, -0.1) is 0 Å². The van der Waals surface area contributed by atoms with Crippen LogP contribution in [0.4, 0.5) is 0 Å². The molecule has 0 radical (unpaired) electrons. The fraction of sp³-hybridized carbons (Fsp3) is 0.345. The average Bonchev–Trinajstić information content (AvgIpc) is 3.26. The number of aliphatic hydroxyl groups is 1. The van der Waals surface area contributed by atoms with Gasteiger partial charge in [0, 0.05) is 36.3 Å². The molecule has 37 heavy (non-hydrogen) atoms. The van der Waals surface area contributed by atoms with Gasteiger partial charge in [-0.1, -0.05) is 18.2 Å². The van der Waals surface area contributed by atoms with Gasteiger partial charge in [-0.2, -0.15) is 0 Å². The number of benzene rings is 3. The Hall–Kier alpha value is -3.91. The van der Waals surface area contributed by atoms with Crippen LogP contribution < -0.4 is 14.2 Å². The van der Waals surface area contributed by atoms with Crippen LogP contribution in [0.3, 0.4) is 0 Å². The van der Waals surface area contributed by atoms with Crippen molar-refractivity contribution in [1.29, 1.82) is 0 Å². The van der Waals surface area contributed by atoms with Crippen LogP contribution in [0.5, 0.6) is 28.7 Å². The molecule has 1 aliphatic heterocycles. The maximum Gasteiger partial charge on any atom is 0.302 e. The van der Waals surface area contributed by atoms with Gasteiger partial charge in [0.15, 0.2) is 11.5 Å². The molecule has 0 saturated carbocycles. The first-order chi connectivity index (χ1) is 17.9. The van der Waals surface area contributed by atoms with Crippen LogP contribution in [0.2, 0.25) is 0 Å². The Morgan fingerprint density at radius 2 is 1.81 bits per heavy atom. The van der Waals surface area contributed by atoms with E-state index in [1.807, 2.05) is 12.1 Å². The first-order valence-electron chi connectivity index (χ1n) is 12.2. The zero-order chi connectivity index (χ0) is 26.3. The number of aromatic hydroxyl groups is 2. The zero-order valence-electron chi connectivity index (χ0n) is 21.0. The molecule has 8 heteroatoms. The highest BCUT2D eigenvalue weighted by atomic mass is 16.5. The third kappa shape index (κ3) is 4.31. The van der Waals surface area contributed by atoms with E-state index in [0.717, 1.165) is 39.1 Å². The van der Waals surface area contributed by atoms with Gasteiger partial charge >= 0.3 is 5.97 Å². The fourth-order valence-corrected chi connectivity index (χ4v) is 5.60. The molecule has 0 unspecified atom stereocenters. The number of carbonyl (C=O) groups is 1. The van der Waals surface area contributed by atoms with Gasteiger partial charge in [0.25, 0.3) is 0 Å². The van der Waals surface area contributed by atoms with Crippen molar-refractivity contribution in [2.75, 3.05) is 27.4 Å². The highest BCUT2D eigenvalue weighted by Crippen LogP contribution is 2.55. The Labute approximate surface area is 215 Å². The lowest BCUT2D eigenvalue weighted by molar-refractivity contribution is -0.141. The molecule has 1 aliphatic carbocycles. The summed E-state index contributed by atoms with van der Waals surface area (Å²) < 4.78 is 23.0. The molecule has 3 aromatic carbocycles. The Morgan fingerprint density at radius 1 is 1.03 bits per heavy atom. The van der Waals surface area contributed by atoms with Gasteiger partial charge in [0.2, 0.25) is 0 Å². The monoisotopic (exact) mass is 506 g/mol. The molecule has 0 amide bonds. The minimum absolute atomic E-state index is 0.00169. The van der Waals surface area contributed by atoms with E-state index in [1.54, 1.807) is 37.4 Å². The van der Waals surface area contributed by atoms with E-state index < -0.39 is 6.10 Å². The largest absolute Gasteiger partial charge is 0.508 e. The predicted molar refractivity (Wildman–Crippen MR) is 136 cm³/mol. The smallest absolute Gasteiger partial charge is 0.302 e. The van der Waals surface area contributed by atoms with E-state index in [1.165, 1.54) is 14.0 Å². The normalized spacial score (nSPS) is 19.3. The summed E-state index contributed by atoms with van der Waals surface area (Å²) in [7, 11) is 3.05. The lowest BCUT2D eigenvalue weighted by Gasteiger charge is -2.30. The van der Waals surface area contributed by atoms with Crippen LogP contribution in [-0.2, 0) is 16.0 Å². The minimum Gasteiger partial charge on any atom is -0.508 e. The van der Waals surface area contributed by atoms with Gasteiger partial charge in [0.05, 0.1) is 20.1 Å². The molecule has 3 aromatic rings. The quantitative estimate of drug-likeness (QED) is 0.399. The van der Waals surface area contributed by atoms with Crippen LogP contribution in [0.15, 0.2) is 42.5 Å². The molecule has 0 bridgehead atoms. The number of fused-ring (bicyclic) bond motifs is 5. The molecule has 0 aromatic heterocycles. The Bertz CT molecular complexity index is 1350. The summed E-state index contributed by atoms with van der Waals surface area (Å²) >= 11 is 0. The second-order valence-electron chi connectivity index (χ2n) is 9.41. The summed E-state index contributed by atoms with van der Waals surface area (Å²) in [6, 6.07) is 12.4. The number of phenolic OH excluding ortho intramolecular Hbond substituents is 2. The van der Waals surface area contributed by atoms with Gasteiger partial charge < -0.3 is 34.3 Å². The molecule has 5 rings (SSSR count). The first-order valence-corrected chi connectivity index (χ1v) is 12.2. The summed E-state index contributed by atoms with van der Waals surface area (Å²) in [6.45, 7) is 1.50. The van der Waals surface area contributed by atoms with E-state index in [9.17, 15) is 20.1 Å². The number of hydrogen-bond acceptors (Lipinski definition) is 8. The maximum atomic E-state index is 11.7. The van der Waals surface area contributed by atoms with Crippen LogP contribution in [-0.4, -0.2) is 48.7 Å². The molecule has 0 spiro atoms. The minimum atomic E-state index is -0.477. The van der Waals surface area contributed by atoms with Crippen molar-refractivity contribution in [2.45, 2.75) is 37.7 Å². The first kappa shape index (κ1) is 24.8. The van der Waals surface area contributed by atoms with Gasteiger partial charge in [-0.05, 0) is 53.6 Å². The Kier molecular flexibility index (Phi) is 6.60. The number of methoxy groups -OCH3 is 2. The van der Waals surface area contributed by atoms with Crippen LogP contribution >= 0.6 is 0 Å². The van der Waals surface area contributed by atoms with Crippen molar-refractivity contribution < 1.29 is 39.1 Å².